The molecule has 6 heteroatoms. The van der Waals surface area contributed by atoms with E-state index in [0.29, 0.717) is 18.3 Å². The number of ether oxygens (including phenoxy) is 3. The maximum absolute atomic E-state index is 13.2. The monoisotopic (exact) mass is 404 g/mol. The molecule has 0 bridgehead atoms. The molecule has 0 aromatic carbocycles. The minimum atomic E-state index is -0.934. The van der Waals surface area contributed by atoms with Gasteiger partial charge >= 0.3 is 0 Å². The van der Waals surface area contributed by atoms with Crippen molar-refractivity contribution in [2.24, 2.45) is 11.8 Å². The smallest absolute Gasteiger partial charge is 0.259 e. The molecule has 29 heavy (non-hydrogen) atoms. The summed E-state index contributed by atoms with van der Waals surface area (Å²) >= 11 is 0. The highest BCUT2D eigenvalue weighted by Crippen LogP contribution is 2.50. The van der Waals surface area contributed by atoms with Crippen LogP contribution in [-0.2, 0) is 25.4 Å². The number of rotatable bonds is 12. The third-order valence-corrected chi connectivity index (χ3v) is 6.23. The summed E-state index contributed by atoms with van der Waals surface area (Å²) in [5, 5.41) is 0. The third-order valence-electron chi connectivity index (χ3n) is 6.23. The lowest BCUT2D eigenvalue weighted by Crippen LogP contribution is -2.76. The number of likely N-dealkylation sites (tertiary alicyclic amines) is 1. The van der Waals surface area contributed by atoms with Gasteiger partial charge in [-0.15, -0.1) is 0 Å². The normalized spacial score (nSPS) is 28.7. The zero-order valence-corrected chi connectivity index (χ0v) is 18.5. The molecule has 1 aromatic rings. The molecule has 1 saturated heterocycles. The molecule has 1 saturated carbocycles. The van der Waals surface area contributed by atoms with Gasteiger partial charge in [0.2, 0.25) is 0 Å². The molecule has 162 valence electrons. The number of nitrogens with zero attached hydrogens (tertiary/aromatic N) is 2. The van der Waals surface area contributed by atoms with E-state index in [9.17, 15) is 4.79 Å². The molecule has 1 aliphatic carbocycles. The van der Waals surface area contributed by atoms with Crippen LogP contribution in [0.3, 0.4) is 0 Å². The first-order valence-electron chi connectivity index (χ1n) is 10.8. The Balaban J connectivity index is 1.82. The Labute approximate surface area is 174 Å². The number of amides is 1. The van der Waals surface area contributed by atoms with Crippen LogP contribution in [0.1, 0.15) is 63.6 Å². The first kappa shape index (κ1) is 22.2. The fraction of sp³-hybridized carbons (Fsp3) is 0.739. The molecule has 6 nitrogen and oxygen atoms in total. The van der Waals surface area contributed by atoms with E-state index in [2.05, 4.69) is 37.9 Å². The van der Waals surface area contributed by atoms with Gasteiger partial charge in [-0.1, -0.05) is 33.6 Å². The van der Waals surface area contributed by atoms with Gasteiger partial charge in [-0.05, 0) is 48.3 Å². The number of pyridine rings is 1. The Hall–Kier alpha value is -1.50. The van der Waals surface area contributed by atoms with Crippen molar-refractivity contribution in [3.8, 4) is 0 Å². The van der Waals surface area contributed by atoms with Gasteiger partial charge in [0.1, 0.15) is 13.5 Å². The number of aromatic nitrogens is 1. The van der Waals surface area contributed by atoms with E-state index in [4.69, 9.17) is 14.2 Å². The number of hydrogen-bond donors (Lipinski definition) is 0. The average Bonchev–Trinajstić information content (AvgIpc) is 3.47. The quantitative estimate of drug-likeness (QED) is 0.392. The molecule has 1 amide bonds. The van der Waals surface area contributed by atoms with Crippen molar-refractivity contribution in [3.63, 3.8) is 0 Å². The summed E-state index contributed by atoms with van der Waals surface area (Å²) in [6.07, 6.45) is 6.96. The van der Waals surface area contributed by atoms with Gasteiger partial charge in [-0.3, -0.25) is 9.78 Å². The summed E-state index contributed by atoms with van der Waals surface area (Å²) < 4.78 is 16.5. The Bertz CT molecular complexity index is 695. The van der Waals surface area contributed by atoms with Crippen LogP contribution in [-0.4, -0.2) is 55.2 Å². The molecule has 1 aromatic heterocycles. The summed E-state index contributed by atoms with van der Waals surface area (Å²) in [6.45, 7) is 6.93. The zero-order valence-electron chi connectivity index (χ0n) is 18.5. The van der Waals surface area contributed by atoms with Crippen LogP contribution >= 0.6 is 0 Å². The number of β-lactam (4-membered cyclic amide) rings is 1. The van der Waals surface area contributed by atoms with Crippen molar-refractivity contribution in [2.75, 3.05) is 27.7 Å². The number of carbonyl (C=O) groups excluding carboxylic acids is 1. The fourth-order valence-electron chi connectivity index (χ4n) is 4.77. The minimum absolute atomic E-state index is 0.0375. The Morgan fingerprint density at radius 1 is 1.31 bits per heavy atom. The maximum Gasteiger partial charge on any atom is 0.259 e. The topological polar surface area (TPSA) is 60.9 Å². The molecule has 1 aliphatic heterocycles. The van der Waals surface area contributed by atoms with Crippen molar-refractivity contribution >= 4 is 5.91 Å². The summed E-state index contributed by atoms with van der Waals surface area (Å²) in [6, 6.07) is 4.25. The highest BCUT2D eigenvalue weighted by atomic mass is 16.7. The number of carbonyl (C=O) groups is 1. The molecule has 0 radical (unpaired) electrons. The zero-order chi connectivity index (χ0) is 21.0. The van der Waals surface area contributed by atoms with Crippen LogP contribution in [0.2, 0.25) is 0 Å². The van der Waals surface area contributed by atoms with E-state index >= 15 is 0 Å². The van der Waals surface area contributed by atoms with Gasteiger partial charge in [0, 0.05) is 32.5 Å². The van der Waals surface area contributed by atoms with Crippen molar-refractivity contribution < 1.29 is 19.0 Å². The molecular weight excluding hydrogens is 368 g/mol. The predicted octanol–water partition coefficient (Wildman–Crippen LogP) is 3.75. The van der Waals surface area contributed by atoms with Crippen LogP contribution in [0.5, 0.6) is 0 Å². The predicted molar refractivity (Wildman–Crippen MR) is 111 cm³/mol. The SMILES string of the molecule is CCC[C@@H]1C[C@H]1c1ccnc(C[C@@]2(OCOC)C(=O)N(COC)[C@H]2CC(C)C)c1. The summed E-state index contributed by atoms with van der Waals surface area (Å²) in [5.41, 5.74) is 1.33. The highest BCUT2D eigenvalue weighted by molar-refractivity contribution is 5.93. The molecule has 2 heterocycles. The molecule has 0 unspecified atom stereocenters. The second kappa shape index (κ2) is 9.54. The first-order chi connectivity index (χ1) is 14.0. The number of methoxy groups -OCH3 is 2. The standard InChI is InChI=1S/C23H36N2O4/c1-6-7-17-12-20(17)18-8-9-24-19(11-18)13-23(29-15-28-5)21(10-16(2)3)25(14-27-4)22(23)26/h8-9,11,16-17,20-21H,6-7,10,12-15H2,1-5H3/t17-,20-,21+,23+/m1/s1. The van der Waals surface area contributed by atoms with Crippen LogP contribution in [0.25, 0.3) is 0 Å². The highest BCUT2D eigenvalue weighted by Gasteiger charge is 2.62. The Morgan fingerprint density at radius 3 is 2.76 bits per heavy atom. The van der Waals surface area contributed by atoms with Gasteiger partial charge in [0.25, 0.3) is 5.91 Å². The lowest BCUT2D eigenvalue weighted by Gasteiger charge is -2.55. The maximum atomic E-state index is 13.2. The van der Waals surface area contributed by atoms with E-state index in [0.717, 1.165) is 18.0 Å². The van der Waals surface area contributed by atoms with Gasteiger partial charge in [-0.2, -0.15) is 0 Å². The largest absolute Gasteiger partial charge is 0.364 e. The minimum Gasteiger partial charge on any atom is -0.364 e. The van der Waals surface area contributed by atoms with E-state index in [1.807, 2.05) is 6.20 Å². The second-order valence-electron chi connectivity index (χ2n) is 8.93. The van der Waals surface area contributed by atoms with Crippen LogP contribution in [0.15, 0.2) is 18.3 Å². The summed E-state index contributed by atoms with van der Waals surface area (Å²) in [7, 11) is 3.20. The van der Waals surface area contributed by atoms with Crippen LogP contribution < -0.4 is 0 Å². The van der Waals surface area contributed by atoms with Gasteiger partial charge in [-0.25, -0.2) is 0 Å². The van der Waals surface area contributed by atoms with E-state index in [1.54, 1.807) is 19.1 Å². The molecule has 0 spiro atoms. The van der Waals surface area contributed by atoms with E-state index in [1.165, 1.54) is 24.8 Å². The fourth-order valence-corrected chi connectivity index (χ4v) is 4.77. The van der Waals surface area contributed by atoms with Crippen LogP contribution in [0, 0.1) is 11.8 Å². The van der Waals surface area contributed by atoms with Gasteiger partial charge < -0.3 is 19.1 Å². The average molecular weight is 405 g/mol. The summed E-state index contributed by atoms with van der Waals surface area (Å²) in [4.78, 5) is 19.5. The van der Waals surface area contributed by atoms with Gasteiger partial charge in [0.05, 0.1) is 6.04 Å². The second-order valence-corrected chi connectivity index (χ2v) is 8.93. The Kier molecular flexibility index (Phi) is 7.30. The lowest BCUT2D eigenvalue weighted by molar-refractivity contribution is -0.235. The van der Waals surface area contributed by atoms with Crippen molar-refractivity contribution in [1.29, 1.82) is 0 Å². The van der Waals surface area contributed by atoms with E-state index < -0.39 is 5.60 Å². The molecule has 2 fully saturated rings. The molecule has 4 atom stereocenters. The lowest BCUT2D eigenvalue weighted by atomic mass is 9.74. The van der Waals surface area contributed by atoms with Crippen molar-refractivity contribution in [1.82, 2.24) is 9.88 Å². The number of hydrogen-bond acceptors (Lipinski definition) is 5. The van der Waals surface area contributed by atoms with Crippen LogP contribution in [0.4, 0.5) is 0 Å². The summed E-state index contributed by atoms with van der Waals surface area (Å²) in [5.74, 6) is 1.83. The van der Waals surface area contributed by atoms with Crippen molar-refractivity contribution in [2.45, 2.75) is 70.4 Å². The molecular formula is C23H36N2O4. The Morgan fingerprint density at radius 2 is 2.10 bits per heavy atom. The molecule has 0 N–H and O–H groups in total. The first-order valence-corrected chi connectivity index (χ1v) is 10.8. The van der Waals surface area contributed by atoms with Crippen molar-refractivity contribution in [3.05, 3.63) is 29.6 Å². The van der Waals surface area contributed by atoms with Gasteiger partial charge in [0.15, 0.2) is 5.60 Å². The van der Waals surface area contributed by atoms with E-state index in [-0.39, 0.29) is 25.5 Å². The molecule has 2 aliphatic rings. The molecule has 3 rings (SSSR count). The third kappa shape index (κ3) is 4.65.